The SMILES string of the molecule is CCNC(=O)CCn1cc(Cc2ncc[nH]2)c2ccccc21. The van der Waals surface area contributed by atoms with Crippen LogP contribution < -0.4 is 5.32 Å². The number of carbonyl (C=O) groups is 1. The van der Waals surface area contributed by atoms with E-state index in [2.05, 4.69) is 38.2 Å². The van der Waals surface area contributed by atoms with Crippen molar-refractivity contribution in [2.24, 2.45) is 0 Å². The van der Waals surface area contributed by atoms with E-state index in [4.69, 9.17) is 0 Å². The summed E-state index contributed by atoms with van der Waals surface area (Å²) in [6.45, 7) is 3.30. The number of H-pyrrole nitrogens is 1. The van der Waals surface area contributed by atoms with Gasteiger partial charge in [-0.05, 0) is 18.6 Å². The van der Waals surface area contributed by atoms with E-state index >= 15 is 0 Å². The van der Waals surface area contributed by atoms with Crippen LogP contribution >= 0.6 is 0 Å². The van der Waals surface area contributed by atoms with Crippen molar-refractivity contribution in [1.82, 2.24) is 19.9 Å². The molecule has 0 fully saturated rings. The minimum Gasteiger partial charge on any atom is -0.356 e. The summed E-state index contributed by atoms with van der Waals surface area (Å²) in [4.78, 5) is 19.1. The highest BCUT2D eigenvalue weighted by molar-refractivity contribution is 5.84. The molecule has 114 valence electrons. The zero-order chi connectivity index (χ0) is 15.4. The molecule has 0 saturated heterocycles. The summed E-state index contributed by atoms with van der Waals surface area (Å²) in [5, 5.41) is 4.06. The lowest BCUT2D eigenvalue weighted by Crippen LogP contribution is -2.23. The van der Waals surface area contributed by atoms with Gasteiger partial charge in [0.1, 0.15) is 5.82 Å². The molecule has 0 saturated carbocycles. The van der Waals surface area contributed by atoms with Crippen LogP contribution in [0, 0.1) is 0 Å². The van der Waals surface area contributed by atoms with Crippen molar-refractivity contribution in [1.29, 1.82) is 0 Å². The Bertz CT molecular complexity index is 758. The minimum atomic E-state index is 0.0906. The fourth-order valence-electron chi connectivity index (χ4n) is 2.73. The zero-order valence-corrected chi connectivity index (χ0v) is 12.7. The van der Waals surface area contributed by atoms with Gasteiger partial charge < -0.3 is 14.9 Å². The summed E-state index contributed by atoms with van der Waals surface area (Å²) in [5.41, 5.74) is 2.38. The molecule has 22 heavy (non-hydrogen) atoms. The van der Waals surface area contributed by atoms with Crippen LogP contribution in [0.5, 0.6) is 0 Å². The molecule has 0 bridgehead atoms. The molecule has 1 amide bonds. The standard InChI is InChI=1S/C17H20N4O/c1-2-18-17(22)7-10-21-12-13(11-16-19-8-9-20-16)14-5-3-4-6-15(14)21/h3-6,8-9,12H,2,7,10-11H2,1H3,(H,18,22)(H,19,20). The van der Waals surface area contributed by atoms with Crippen molar-refractivity contribution >= 4 is 16.8 Å². The lowest BCUT2D eigenvalue weighted by molar-refractivity contribution is -0.121. The topological polar surface area (TPSA) is 62.7 Å². The van der Waals surface area contributed by atoms with E-state index in [1.54, 1.807) is 6.20 Å². The maximum atomic E-state index is 11.7. The van der Waals surface area contributed by atoms with Crippen molar-refractivity contribution in [2.45, 2.75) is 26.3 Å². The van der Waals surface area contributed by atoms with Gasteiger partial charge in [0.25, 0.3) is 0 Å². The van der Waals surface area contributed by atoms with Crippen LogP contribution in [0.1, 0.15) is 24.7 Å². The maximum Gasteiger partial charge on any atom is 0.221 e. The van der Waals surface area contributed by atoms with E-state index < -0.39 is 0 Å². The normalized spacial score (nSPS) is 11.0. The number of hydrogen-bond donors (Lipinski definition) is 2. The number of carbonyl (C=O) groups excluding carboxylic acids is 1. The first kappa shape index (κ1) is 14.4. The highest BCUT2D eigenvalue weighted by Gasteiger charge is 2.10. The average molecular weight is 296 g/mol. The molecular weight excluding hydrogens is 276 g/mol. The summed E-state index contributed by atoms with van der Waals surface area (Å²) in [5.74, 6) is 1.04. The number of para-hydroxylation sites is 1. The highest BCUT2D eigenvalue weighted by Crippen LogP contribution is 2.23. The summed E-state index contributed by atoms with van der Waals surface area (Å²) in [6, 6.07) is 8.29. The Balaban J connectivity index is 1.85. The number of nitrogens with one attached hydrogen (secondary N) is 2. The third-order valence-corrected chi connectivity index (χ3v) is 3.74. The second-order valence-corrected chi connectivity index (χ2v) is 5.28. The van der Waals surface area contributed by atoms with E-state index in [0.717, 1.165) is 17.8 Å². The fraction of sp³-hybridized carbons (Fsp3) is 0.294. The average Bonchev–Trinajstić information content (AvgIpc) is 3.15. The summed E-state index contributed by atoms with van der Waals surface area (Å²) in [7, 11) is 0. The van der Waals surface area contributed by atoms with Crippen molar-refractivity contribution < 1.29 is 4.79 Å². The quantitative estimate of drug-likeness (QED) is 0.734. The number of aryl methyl sites for hydroxylation is 1. The van der Waals surface area contributed by atoms with Crippen LogP contribution in [0.3, 0.4) is 0 Å². The van der Waals surface area contributed by atoms with Gasteiger partial charge in [0, 0.05) is 55.4 Å². The van der Waals surface area contributed by atoms with Gasteiger partial charge in [-0.3, -0.25) is 4.79 Å². The lowest BCUT2D eigenvalue weighted by atomic mass is 10.1. The van der Waals surface area contributed by atoms with Crippen LogP contribution in [-0.4, -0.2) is 27.0 Å². The number of hydrogen-bond acceptors (Lipinski definition) is 2. The van der Waals surface area contributed by atoms with E-state index in [0.29, 0.717) is 19.5 Å². The molecule has 0 unspecified atom stereocenters. The van der Waals surface area contributed by atoms with E-state index in [1.165, 1.54) is 10.9 Å². The Hall–Kier alpha value is -2.56. The molecule has 2 heterocycles. The van der Waals surface area contributed by atoms with Gasteiger partial charge in [0.05, 0.1) is 0 Å². The van der Waals surface area contributed by atoms with Gasteiger partial charge in [-0.15, -0.1) is 0 Å². The van der Waals surface area contributed by atoms with Crippen LogP contribution in [0.15, 0.2) is 42.9 Å². The predicted molar refractivity (Wildman–Crippen MR) is 86.6 cm³/mol. The van der Waals surface area contributed by atoms with Gasteiger partial charge >= 0.3 is 0 Å². The van der Waals surface area contributed by atoms with Crippen molar-refractivity contribution in [2.75, 3.05) is 6.54 Å². The van der Waals surface area contributed by atoms with E-state index in [9.17, 15) is 4.79 Å². The van der Waals surface area contributed by atoms with Crippen LogP contribution in [0.25, 0.3) is 10.9 Å². The molecule has 5 heteroatoms. The van der Waals surface area contributed by atoms with Gasteiger partial charge in [0.2, 0.25) is 5.91 Å². The minimum absolute atomic E-state index is 0.0906. The fourth-order valence-corrected chi connectivity index (χ4v) is 2.73. The third kappa shape index (κ3) is 3.03. The second-order valence-electron chi connectivity index (χ2n) is 5.28. The first-order chi connectivity index (χ1) is 10.8. The Kier molecular flexibility index (Phi) is 4.23. The number of amides is 1. The largest absolute Gasteiger partial charge is 0.356 e. The molecule has 2 aromatic heterocycles. The monoisotopic (exact) mass is 296 g/mol. The number of benzene rings is 1. The first-order valence-electron chi connectivity index (χ1n) is 7.59. The summed E-state index contributed by atoms with van der Waals surface area (Å²) < 4.78 is 2.16. The van der Waals surface area contributed by atoms with Crippen molar-refractivity contribution in [3.8, 4) is 0 Å². The van der Waals surface area contributed by atoms with E-state index in [1.807, 2.05) is 25.3 Å². The highest BCUT2D eigenvalue weighted by atomic mass is 16.1. The Labute approximate surface area is 129 Å². The van der Waals surface area contributed by atoms with Crippen LogP contribution in [0.4, 0.5) is 0 Å². The number of aromatic nitrogens is 3. The number of rotatable bonds is 6. The van der Waals surface area contributed by atoms with Crippen LogP contribution in [0.2, 0.25) is 0 Å². The lowest BCUT2D eigenvalue weighted by Gasteiger charge is -2.05. The molecule has 3 aromatic rings. The van der Waals surface area contributed by atoms with E-state index in [-0.39, 0.29) is 5.91 Å². The van der Waals surface area contributed by atoms with Gasteiger partial charge in [-0.25, -0.2) is 4.98 Å². The molecular formula is C17H20N4O. The molecule has 0 aliphatic rings. The maximum absolute atomic E-state index is 11.7. The third-order valence-electron chi connectivity index (χ3n) is 3.74. The molecule has 0 radical (unpaired) electrons. The Morgan fingerprint density at radius 3 is 3.00 bits per heavy atom. The molecule has 2 N–H and O–H groups in total. The van der Waals surface area contributed by atoms with Gasteiger partial charge in [-0.2, -0.15) is 0 Å². The molecule has 3 rings (SSSR count). The Morgan fingerprint density at radius 1 is 1.36 bits per heavy atom. The van der Waals surface area contributed by atoms with Crippen LogP contribution in [-0.2, 0) is 17.8 Å². The molecule has 0 atom stereocenters. The molecule has 1 aromatic carbocycles. The van der Waals surface area contributed by atoms with Gasteiger partial charge in [-0.1, -0.05) is 18.2 Å². The first-order valence-corrected chi connectivity index (χ1v) is 7.59. The number of fused-ring (bicyclic) bond motifs is 1. The predicted octanol–water partition coefficient (Wildman–Crippen LogP) is 2.48. The molecule has 5 nitrogen and oxygen atoms in total. The van der Waals surface area contributed by atoms with Crippen molar-refractivity contribution in [3.63, 3.8) is 0 Å². The molecule has 0 aliphatic carbocycles. The summed E-state index contributed by atoms with van der Waals surface area (Å²) >= 11 is 0. The Morgan fingerprint density at radius 2 is 2.23 bits per heavy atom. The van der Waals surface area contributed by atoms with Gasteiger partial charge in [0.15, 0.2) is 0 Å². The second kappa shape index (κ2) is 6.47. The number of aromatic amines is 1. The summed E-state index contributed by atoms with van der Waals surface area (Å²) in [6.07, 6.45) is 6.99. The van der Waals surface area contributed by atoms with Crippen molar-refractivity contribution in [3.05, 3.63) is 54.2 Å². The smallest absolute Gasteiger partial charge is 0.221 e. The number of imidazole rings is 1. The molecule has 0 spiro atoms. The zero-order valence-electron chi connectivity index (χ0n) is 12.7. The number of nitrogens with zero attached hydrogens (tertiary/aromatic N) is 2. The molecule has 0 aliphatic heterocycles.